The second kappa shape index (κ2) is 3.45. The van der Waals surface area contributed by atoms with E-state index in [9.17, 15) is 0 Å². The van der Waals surface area contributed by atoms with Gasteiger partial charge in [0.25, 0.3) is 0 Å². The van der Waals surface area contributed by atoms with Crippen molar-refractivity contribution >= 4 is 22.6 Å². The molecule has 0 fully saturated rings. The monoisotopic (exact) mass is 225 g/mol. The molecule has 0 bridgehead atoms. The van der Waals surface area contributed by atoms with E-state index in [1.54, 1.807) is 0 Å². The van der Waals surface area contributed by atoms with Crippen LogP contribution in [0.1, 0.15) is 13.8 Å². The van der Waals surface area contributed by atoms with Crippen LogP contribution in [0.2, 0.25) is 0 Å². The van der Waals surface area contributed by atoms with E-state index in [2.05, 4.69) is 40.9 Å². The average molecular weight is 225 g/mol. The fourth-order valence-corrected chi connectivity index (χ4v) is 0.756. The molecule has 0 spiro atoms. The third-order valence-corrected chi connectivity index (χ3v) is 1.87. The number of nitrogens with one attached hydrogen (secondary N) is 1. The van der Waals surface area contributed by atoms with Gasteiger partial charge < -0.3 is 5.32 Å². The van der Waals surface area contributed by atoms with Gasteiger partial charge in [-0.2, -0.15) is 0 Å². The highest BCUT2D eigenvalue weighted by Crippen LogP contribution is 2.13. The molecule has 48 valence electrons. The fourth-order valence-electron chi connectivity index (χ4n) is 0.396. The lowest BCUT2D eigenvalue weighted by Crippen LogP contribution is -2.29. The van der Waals surface area contributed by atoms with Crippen LogP contribution in [0.5, 0.6) is 0 Å². The zero-order chi connectivity index (χ0) is 6.62. The molecule has 8 heavy (non-hydrogen) atoms. The molecule has 0 aromatic rings. The maximum atomic E-state index is 3.14. The Morgan fingerprint density at radius 2 is 2.12 bits per heavy atom. The van der Waals surface area contributed by atoms with Gasteiger partial charge in [0.15, 0.2) is 0 Å². The largest absolute Gasteiger partial charge is 0.303 e. The molecule has 0 saturated carbocycles. The smallest absolute Gasteiger partial charge is 0.0859 e. The van der Waals surface area contributed by atoms with Gasteiger partial charge in [-0.15, -0.1) is 0 Å². The minimum atomic E-state index is 0.131. The Morgan fingerprint density at radius 3 is 2.25 bits per heavy atom. The first-order chi connectivity index (χ1) is 3.62. The van der Waals surface area contributed by atoms with E-state index < -0.39 is 0 Å². The Bertz CT molecular complexity index is 86.5. The molecule has 0 amide bonds. The third kappa shape index (κ3) is 3.43. The third-order valence-electron chi connectivity index (χ3n) is 0.968. The van der Waals surface area contributed by atoms with Gasteiger partial charge in [0, 0.05) is 0 Å². The van der Waals surface area contributed by atoms with Gasteiger partial charge in [-0.05, 0) is 20.9 Å². The summed E-state index contributed by atoms with van der Waals surface area (Å²) in [6.45, 7) is 4.14. The summed E-state index contributed by atoms with van der Waals surface area (Å²) in [5.41, 5.74) is 0. The molecule has 0 aromatic heterocycles. The van der Waals surface area contributed by atoms with Crippen LogP contribution in [0.4, 0.5) is 0 Å². The van der Waals surface area contributed by atoms with Crippen molar-refractivity contribution in [1.82, 2.24) is 5.32 Å². The summed E-state index contributed by atoms with van der Waals surface area (Å²) >= 11 is 2.34. The average Bonchev–Trinajstić information content (AvgIpc) is 1.67. The van der Waals surface area contributed by atoms with Gasteiger partial charge in [0.1, 0.15) is 0 Å². The van der Waals surface area contributed by atoms with Gasteiger partial charge in [-0.25, -0.2) is 0 Å². The Kier molecular flexibility index (Phi) is 3.64. The maximum absolute atomic E-state index is 3.14. The number of hydrogen-bond acceptors (Lipinski definition) is 1. The normalized spacial score (nSPS) is 19.0. The van der Waals surface area contributed by atoms with Crippen LogP contribution < -0.4 is 5.32 Å². The van der Waals surface area contributed by atoms with Gasteiger partial charge in [-0.3, -0.25) is 0 Å². The summed E-state index contributed by atoms with van der Waals surface area (Å²) < 4.78 is 0.131. The number of halogens is 1. The molecule has 1 unspecified atom stereocenters. The van der Waals surface area contributed by atoms with Gasteiger partial charge in [0.2, 0.25) is 0 Å². The van der Waals surface area contributed by atoms with Crippen LogP contribution in [0.3, 0.4) is 0 Å². The highest BCUT2D eigenvalue weighted by molar-refractivity contribution is 14.1. The SMILES string of the molecule is C/C=C/C(C)(I)NC. The minimum absolute atomic E-state index is 0.131. The van der Waals surface area contributed by atoms with E-state index in [1.165, 1.54) is 0 Å². The predicted molar refractivity (Wildman–Crippen MR) is 46.3 cm³/mol. The second-order valence-corrected chi connectivity index (χ2v) is 4.07. The van der Waals surface area contributed by atoms with Gasteiger partial charge in [-0.1, -0.05) is 34.7 Å². The first kappa shape index (κ1) is 8.43. The van der Waals surface area contributed by atoms with Crippen LogP contribution >= 0.6 is 22.6 Å². The van der Waals surface area contributed by atoms with Crippen molar-refractivity contribution in [3.05, 3.63) is 12.2 Å². The van der Waals surface area contributed by atoms with Crippen molar-refractivity contribution in [2.75, 3.05) is 7.05 Å². The molecule has 1 atom stereocenters. The highest BCUT2D eigenvalue weighted by atomic mass is 127. The van der Waals surface area contributed by atoms with Gasteiger partial charge >= 0.3 is 0 Å². The summed E-state index contributed by atoms with van der Waals surface area (Å²) in [4.78, 5) is 0. The van der Waals surface area contributed by atoms with Crippen LogP contribution in [-0.4, -0.2) is 10.6 Å². The Hall–Kier alpha value is 0.430. The zero-order valence-corrected chi connectivity index (χ0v) is 7.69. The Morgan fingerprint density at radius 1 is 1.62 bits per heavy atom. The van der Waals surface area contributed by atoms with Crippen molar-refractivity contribution in [2.24, 2.45) is 0 Å². The molecule has 1 N–H and O–H groups in total. The van der Waals surface area contributed by atoms with Crippen molar-refractivity contribution < 1.29 is 0 Å². The maximum Gasteiger partial charge on any atom is 0.0859 e. The van der Waals surface area contributed by atoms with Crippen LogP contribution in [0.15, 0.2) is 12.2 Å². The molecule has 1 nitrogen and oxygen atoms in total. The summed E-state index contributed by atoms with van der Waals surface area (Å²) in [6.07, 6.45) is 4.16. The molecule has 0 aromatic carbocycles. The van der Waals surface area contributed by atoms with E-state index >= 15 is 0 Å². The van der Waals surface area contributed by atoms with E-state index in [-0.39, 0.29) is 3.55 Å². The molecular weight excluding hydrogens is 213 g/mol. The van der Waals surface area contributed by atoms with E-state index in [1.807, 2.05) is 20.0 Å². The summed E-state index contributed by atoms with van der Waals surface area (Å²) in [7, 11) is 1.95. The number of allylic oxidation sites excluding steroid dienone is 1. The molecule has 0 heterocycles. The first-order valence-electron chi connectivity index (χ1n) is 2.64. The molecule has 2 heteroatoms. The van der Waals surface area contributed by atoms with Gasteiger partial charge in [0.05, 0.1) is 3.55 Å². The fraction of sp³-hybridized carbons (Fsp3) is 0.667. The molecule has 0 radical (unpaired) electrons. The minimum Gasteiger partial charge on any atom is -0.303 e. The number of likely N-dealkylation sites (N-methyl/N-ethyl adjacent to an activating group) is 1. The molecule has 0 rings (SSSR count). The summed E-state index contributed by atoms with van der Waals surface area (Å²) in [5.74, 6) is 0. The number of hydrogen-bond donors (Lipinski definition) is 1. The molecule has 0 aliphatic heterocycles. The van der Waals surface area contributed by atoms with E-state index in [4.69, 9.17) is 0 Å². The predicted octanol–water partition coefficient (Wildman–Crippen LogP) is 1.93. The standard InChI is InChI=1S/C6H12IN/c1-4-5-6(2,7)8-3/h4-5,8H,1-3H3/b5-4+. The Balaban J connectivity index is 3.71. The van der Waals surface area contributed by atoms with E-state index in [0.717, 1.165) is 0 Å². The quantitative estimate of drug-likeness (QED) is 0.327. The second-order valence-electron chi connectivity index (χ2n) is 1.83. The number of rotatable bonds is 2. The van der Waals surface area contributed by atoms with Crippen molar-refractivity contribution in [2.45, 2.75) is 17.4 Å². The van der Waals surface area contributed by atoms with Crippen LogP contribution in [-0.2, 0) is 0 Å². The highest BCUT2D eigenvalue weighted by Gasteiger charge is 2.09. The van der Waals surface area contributed by atoms with Crippen molar-refractivity contribution in [1.29, 1.82) is 0 Å². The molecule has 0 aliphatic carbocycles. The van der Waals surface area contributed by atoms with Crippen molar-refractivity contribution in [3.63, 3.8) is 0 Å². The number of alkyl halides is 1. The van der Waals surface area contributed by atoms with Crippen LogP contribution in [0.25, 0.3) is 0 Å². The summed E-state index contributed by atoms with van der Waals surface area (Å²) in [5, 5.41) is 3.14. The zero-order valence-electron chi connectivity index (χ0n) is 5.53. The first-order valence-corrected chi connectivity index (χ1v) is 3.72. The molecular formula is C6H12IN. The summed E-state index contributed by atoms with van der Waals surface area (Å²) in [6, 6.07) is 0. The van der Waals surface area contributed by atoms with Crippen molar-refractivity contribution in [3.8, 4) is 0 Å². The van der Waals surface area contributed by atoms with Crippen LogP contribution in [0, 0.1) is 0 Å². The molecule has 0 aliphatic rings. The lowest BCUT2D eigenvalue weighted by Gasteiger charge is -2.15. The lowest BCUT2D eigenvalue weighted by molar-refractivity contribution is 0.701. The molecule has 0 saturated heterocycles. The Labute approximate surface area is 64.7 Å². The topological polar surface area (TPSA) is 12.0 Å². The van der Waals surface area contributed by atoms with E-state index in [0.29, 0.717) is 0 Å². The lowest BCUT2D eigenvalue weighted by atomic mass is 10.3.